The number of aromatic nitrogens is 4. The highest BCUT2D eigenvalue weighted by atomic mass is 35.5. The number of benzene rings is 3. The molecule has 1 atom stereocenters. The topological polar surface area (TPSA) is 180 Å². The van der Waals surface area contributed by atoms with Gasteiger partial charge in [0.25, 0.3) is 5.91 Å². The number of H-pyrrole nitrogens is 1. The van der Waals surface area contributed by atoms with Gasteiger partial charge < -0.3 is 27.0 Å². The first-order valence-corrected chi connectivity index (χ1v) is 16.9. The summed E-state index contributed by atoms with van der Waals surface area (Å²) in [6.45, 7) is 2.25. The van der Waals surface area contributed by atoms with Crippen molar-refractivity contribution in [3.05, 3.63) is 83.7 Å². The van der Waals surface area contributed by atoms with Crippen molar-refractivity contribution in [2.24, 2.45) is 17.6 Å². The Labute approximate surface area is 296 Å². The number of amides is 3. The van der Waals surface area contributed by atoms with Crippen molar-refractivity contribution >= 4 is 35.8 Å². The van der Waals surface area contributed by atoms with E-state index in [0.29, 0.717) is 35.1 Å². The van der Waals surface area contributed by atoms with Crippen LogP contribution in [0, 0.1) is 17.7 Å². The number of nitrogens with two attached hydrogens (primary N) is 1. The van der Waals surface area contributed by atoms with Crippen LogP contribution in [0.2, 0.25) is 0 Å². The Kier molecular flexibility index (Phi) is 12.6. The van der Waals surface area contributed by atoms with Gasteiger partial charge in [-0.25, -0.2) is 4.39 Å². The average Bonchev–Trinajstić information content (AvgIpc) is 3.68. The summed E-state index contributed by atoms with van der Waals surface area (Å²) >= 11 is 0. The molecule has 3 amide bonds. The van der Waals surface area contributed by atoms with Gasteiger partial charge in [-0.05, 0) is 111 Å². The monoisotopic (exact) mass is 703 g/mol. The van der Waals surface area contributed by atoms with Crippen LogP contribution in [0.5, 0.6) is 0 Å². The fourth-order valence-corrected chi connectivity index (χ4v) is 6.59. The molecule has 1 saturated carbocycles. The van der Waals surface area contributed by atoms with Crippen LogP contribution in [-0.4, -0.2) is 70.1 Å². The van der Waals surface area contributed by atoms with Gasteiger partial charge in [0.15, 0.2) is 0 Å². The second kappa shape index (κ2) is 17.3. The molecule has 4 aromatic rings. The van der Waals surface area contributed by atoms with Crippen LogP contribution >= 0.6 is 12.4 Å². The molecule has 6 rings (SSSR count). The molecule has 3 aromatic carbocycles. The standard InChI is InChI=1S/C36H42FN9O3.ClH/c37-32-29(2-1-3-30(32)35(48)40-28-16-18-39-19-17-28)24-8-4-22(5-9-24)20-31(42-34(47)26-10-6-23(21-38)7-11-26)36(49)41-27-14-12-25(13-15-27)33-43-45-46-44-33;/h1-5,8-9,12-15,23,26,28,31,39H,6-7,10-11,16-21,38H2,(H,40,48)(H,41,49)(H,42,47)(H,43,44,45,46);1H/t23-,26-,31-;/m0./s1. The minimum atomic E-state index is -0.860. The highest BCUT2D eigenvalue weighted by molar-refractivity contribution is 5.98. The summed E-state index contributed by atoms with van der Waals surface area (Å²) in [5.41, 5.74) is 8.82. The molecule has 50 heavy (non-hydrogen) atoms. The molecule has 1 aromatic heterocycles. The maximum Gasteiger partial charge on any atom is 0.254 e. The number of carbonyl (C=O) groups is 3. The Bertz CT molecular complexity index is 1720. The number of rotatable bonds is 11. The van der Waals surface area contributed by atoms with Gasteiger partial charge in [-0.2, -0.15) is 5.21 Å². The van der Waals surface area contributed by atoms with Crippen LogP contribution in [0.15, 0.2) is 66.7 Å². The Morgan fingerprint density at radius 1 is 0.900 bits per heavy atom. The molecule has 2 heterocycles. The molecule has 264 valence electrons. The number of carbonyl (C=O) groups excluding carboxylic acids is 3. The lowest BCUT2D eigenvalue weighted by Gasteiger charge is -2.28. The third-order valence-electron chi connectivity index (χ3n) is 9.56. The van der Waals surface area contributed by atoms with Crippen molar-refractivity contribution in [3.8, 4) is 22.5 Å². The zero-order valence-corrected chi connectivity index (χ0v) is 28.5. The van der Waals surface area contributed by atoms with Gasteiger partial charge in [0.05, 0.1) is 5.56 Å². The molecule has 2 fully saturated rings. The molecule has 1 aliphatic heterocycles. The van der Waals surface area contributed by atoms with Gasteiger partial charge in [-0.1, -0.05) is 36.4 Å². The van der Waals surface area contributed by atoms with Crippen molar-refractivity contribution in [1.29, 1.82) is 0 Å². The number of nitrogens with zero attached hydrogens (tertiary/aromatic N) is 3. The second-order valence-corrected chi connectivity index (χ2v) is 12.9. The SMILES string of the molecule is Cl.NC[C@H]1CC[C@H](C(=O)N[C@@H](Cc2ccc(-c3cccc(C(=O)NC4CCNCC4)c3F)cc2)C(=O)Nc2ccc(-c3nn[nH]n3)cc2)CC1. The van der Waals surface area contributed by atoms with Crippen molar-refractivity contribution < 1.29 is 18.8 Å². The van der Waals surface area contributed by atoms with E-state index in [9.17, 15) is 14.4 Å². The van der Waals surface area contributed by atoms with Crippen molar-refractivity contribution in [3.63, 3.8) is 0 Å². The molecule has 1 aliphatic carbocycles. The van der Waals surface area contributed by atoms with E-state index in [4.69, 9.17) is 5.73 Å². The first-order valence-electron chi connectivity index (χ1n) is 16.9. The molecule has 0 spiro atoms. The second-order valence-electron chi connectivity index (χ2n) is 12.9. The van der Waals surface area contributed by atoms with Crippen LogP contribution in [0.25, 0.3) is 22.5 Å². The van der Waals surface area contributed by atoms with Crippen molar-refractivity contribution in [2.45, 2.75) is 57.0 Å². The summed E-state index contributed by atoms with van der Waals surface area (Å²) < 4.78 is 15.7. The smallest absolute Gasteiger partial charge is 0.254 e. The number of hydrogen-bond acceptors (Lipinski definition) is 8. The molecular weight excluding hydrogens is 661 g/mol. The van der Waals surface area contributed by atoms with Gasteiger partial charge in [0, 0.05) is 35.2 Å². The molecule has 1 saturated heterocycles. The number of tetrazole rings is 1. The molecule has 2 aliphatic rings. The van der Waals surface area contributed by atoms with Gasteiger partial charge in [0.2, 0.25) is 17.6 Å². The molecular formula is C36H43ClFN9O3. The van der Waals surface area contributed by atoms with Crippen molar-refractivity contribution in [2.75, 3.05) is 25.0 Å². The van der Waals surface area contributed by atoms with E-state index < -0.39 is 17.8 Å². The molecule has 0 bridgehead atoms. The van der Waals surface area contributed by atoms with E-state index >= 15 is 4.39 Å². The number of hydrogen-bond donors (Lipinski definition) is 6. The fourth-order valence-electron chi connectivity index (χ4n) is 6.59. The molecule has 7 N–H and O–H groups in total. The van der Waals surface area contributed by atoms with E-state index in [1.165, 1.54) is 6.07 Å². The Hall–Kier alpha value is -4.72. The zero-order valence-electron chi connectivity index (χ0n) is 27.7. The van der Waals surface area contributed by atoms with Gasteiger partial charge in [-0.15, -0.1) is 22.6 Å². The summed E-state index contributed by atoms with van der Waals surface area (Å²) in [6.07, 6.45) is 5.06. The summed E-state index contributed by atoms with van der Waals surface area (Å²) in [7, 11) is 0. The summed E-state index contributed by atoms with van der Waals surface area (Å²) in [6, 6.07) is 18.2. The summed E-state index contributed by atoms with van der Waals surface area (Å²) in [5.74, 6) is -0.846. The summed E-state index contributed by atoms with van der Waals surface area (Å²) in [5, 5.41) is 26.1. The average molecular weight is 704 g/mol. The molecule has 14 heteroatoms. The quantitative estimate of drug-likeness (QED) is 0.136. The van der Waals surface area contributed by atoms with E-state index in [0.717, 1.165) is 62.7 Å². The van der Waals surface area contributed by atoms with Crippen LogP contribution in [-0.2, 0) is 16.0 Å². The largest absolute Gasteiger partial charge is 0.349 e. The predicted molar refractivity (Wildman–Crippen MR) is 191 cm³/mol. The zero-order chi connectivity index (χ0) is 34.2. The normalized spacial score (nSPS) is 18.4. The minimum absolute atomic E-state index is 0. The number of aromatic amines is 1. The third-order valence-corrected chi connectivity index (χ3v) is 9.56. The number of piperidine rings is 1. The van der Waals surface area contributed by atoms with E-state index in [1.54, 1.807) is 48.5 Å². The van der Waals surface area contributed by atoms with Crippen molar-refractivity contribution in [1.82, 2.24) is 36.6 Å². The minimum Gasteiger partial charge on any atom is -0.349 e. The van der Waals surface area contributed by atoms with Gasteiger partial charge >= 0.3 is 0 Å². The maximum absolute atomic E-state index is 15.7. The highest BCUT2D eigenvalue weighted by Crippen LogP contribution is 2.29. The molecule has 0 radical (unpaired) electrons. The fraction of sp³-hybridized carbons (Fsp3) is 0.389. The van der Waals surface area contributed by atoms with E-state index in [2.05, 4.69) is 41.9 Å². The van der Waals surface area contributed by atoms with Crippen LogP contribution in [0.3, 0.4) is 0 Å². The summed E-state index contributed by atoms with van der Waals surface area (Å²) in [4.78, 5) is 40.0. The Morgan fingerprint density at radius 2 is 1.60 bits per heavy atom. The first kappa shape index (κ1) is 36.6. The van der Waals surface area contributed by atoms with E-state index in [1.807, 2.05) is 12.1 Å². The predicted octanol–water partition coefficient (Wildman–Crippen LogP) is 4.01. The Morgan fingerprint density at radius 3 is 2.26 bits per heavy atom. The third kappa shape index (κ3) is 9.09. The molecule has 12 nitrogen and oxygen atoms in total. The van der Waals surface area contributed by atoms with Crippen LogP contribution in [0.1, 0.15) is 54.4 Å². The number of halogens is 2. The van der Waals surface area contributed by atoms with E-state index in [-0.39, 0.29) is 48.2 Å². The lowest BCUT2D eigenvalue weighted by molar-refractivity contribution is -0.130. The lowest BCUT2D eigenvalue weighted by Crippen LogP contribution is -2.48. The number of nitrogens with one attached hydrogen (secondary N) is 5. The Balaban J connectivity index is 0.00000486. The first-order chi connectivity index (χ1) is 23.9. The van der Waals surface area contributed by atoms with Gasteiger partial charge in [0.1, 0.15) is 11.9 Å². The lowest BCUT2D eigenvalue weighted by atomic mass is 9.81. The highest BCUT2D eigenvalue weighted by Gasteiger charge is 2.29. The van der Waals surface area contributed by atoms with Gasteiger partial charge in [-0.3, -0.25) is 14.4 Å². The molecule has 0 unspecified atom stereocenters. The van der Waals surface area contributed by atoms with Crippen LogP contribution in [0.4, 0.5) is 10.1 Å². The maximum atomic E-state index is 15.7. The van der Waals surface area contributed by atoms with Crippen LogP contribution < -0.4 is 27.0 Å². The number of anilines is 1.